The summed E-state index contributed by atoms with van der Waals surface area (Å²) in [5.74, 6) is 1.31. The predicted octanol–water partition coefficient (Wildman–Crippen LogP) is -2.76. The van der Waals surface area contributed by atoms with Crippen LogP contribution in [-0.4, -0.2) is 90.0 Å². The molecule has 4 rings (SSSR count). The van der Waals surface area contributed by atoms with E-state index in [0.29, 0.717) is 35.3 Å². The van der Waals surface area contributed by atoms with E-state index in [1.807, 2.05) is 6.92 Å². The number of nitrogens with zero attached hydrogens (tertiary/aromatic N) is 6. The van der Waals surface area contributed by atoms with E-state index in [9.17, 15) is 19.7 Å². The Balaban J connectivity index is 0.00000361. The van der Waals surface area contributed by atoms with Crippen LogP contribution in [0.25, 0.3) is 11.2 Å². The van der Waals surface area contributed by atoms with Crippen molar-refractivity contribution in [1.29, 1.82) is 0 Å². The number of thioether (sulfide) groups is 1. The first-order valence-electron chi connectivity index (χ1n) is 10.9. The average molecular weight is 551 g/mol. The van der Waals surface area contributed by atoms with Crippen LogP contribution in [0, 0.1) is 0 Å². The molecule has 14 nitrogen and oxygen atoms in total. The molecule has 3 aromatic heterocycles. The van der Waals surface area contributed by atoms with Crippen molar-refractivity contribution < 1.29 is 63.2 Å². The monoisotopic (exact) mass is 551 g/mol. The first-order valence-corrected chi connectivity index (χ1v) is 13.4. The first kappa shape index (κ1) is 29.5. The minimum atomic E-state index is -4.48. The zero-order valence-corrected chi connectivity index (χ0v) is 23.8. The van der Waals surface area contributed by atoms with Gasteiger partial charge in [0.2, 0.25) is 7.75 Å². The van der Waals surface area contributed by atoms with Crippen LogP contribution in [0.15, 0.2) is 30.2 Å². The van der Waals surface area contributed by atoms with Gasteiger partial charge in [0.1, 0.15) is 24.6 Å². The smallest absolute Gasteiger partial charge is 0.761 e. The van der Waals surface area contributed by atoms with Crippen LogP contribution < -0.4 is 39.8 Å². The molecule has 1 fully saturated rings. The van der Waals surface area contributed by atoms with Gasteiger partial charge >= 0.3 is 29.6 Å². The van der Waals surface area contributed by atoms with Crippen LogP contribution in [0.4, 0.5) is 5.82 Å². The Kier molecular flexibility index (Phi) is 10.7. The molecule has 3 aromatic rings. The Morgan fingerprint density at radius 3 is 2.81 bits per heavy atom. The molecule has 0 aliphatic carbocycles. The van der Waals surface area contributed by atoms with Crippen molar-refractivity contribution in [3.05, 3.63) is 25.0 Å². The molecule has 36 heavy (non-hydrogen) atoms. The van der Waals surface area contributed by atoms with Gasteiger partial charge < -0.3 is 34.4 Å². The van der Waals surface area contributed by atoms with E-state index in [1.54, 1.807) is 7.11 Å². The van der Waals surface area contributed by atoms with Crippen molar-refractivity contribution in [2.45, 2.75) is 43.0 Å². The summed E-state index contributed by atoms with van der Waals surface area (Å²) in [6, 6.07) is 0. The molecule has 1 aliphatic rings. The van der Waals surface area contributed by atoms with Crippen molar-refractivity contribution in [3.63, 3.8) is 0 Å². The summed E-state index contributed by atoms with van der Waals surface area (Å²) in [6.07, 6.45) is 0.986. The fourth-order valence-electron chi connectivity index (χ4n) is 3.46. The maximum atomic E-state index is 12.3. The first-order chi connectivity index (χ1) is 16.9. The third-order valence-corrected chi connectivity index (χ3v) is 7.55. The zero-order valence-electron chi connectivity index (χ0n) is 20.1. The molecular weight excluding hydrogens is 524 g/mol. The molecule has 0 aromatic carbocycles. The number of anilines is 1. The summed E-state index contributed by atoms with van der Waals surface area (Å²) in [7, 11) is -2.88. The minimum Gasteiger partial charge on any atom is -0.761 e. The number of hydrogen-bond acceptors (Lipinski definition) is 13. The third-order valence-electron chi connectivity index (χ3n) is 5.22. The largest absolute Gasteiger partial charge is 1.00 e. The summed E-state index contributed by atoms with van der Waals surface area (Å²) in [6.45, 7) is 2.51. The number of nitrogens with one attached hydrogen (secondary N) is 1. The maximum absolute atomic E-state index is 12.3. The van der Waals surface area contributed by atoms with Gasteiger partial charge in [-0.3, -0.25) is 13.5 Å². The number of hydrogen-bond donors (Lipinski definition) is 3. The molecule has 0 saturated carbocycles. The van der Waals surface area contributed by atoms with Crippen molar-refractivity contribution >= 4 is 36.5 Å². The fourth-order valence-corrected chi connectivity index (χ4v) is 5.03. The van der Waals surface area contributed by atoms with Crippen molar-refractivity contribution in [2.24, 2.45) is 0 Å². The van der Waals surface area contributed by atoms with E-state index >= 15 is 0 Å². The molecule has 0 spiro atoms. The summed E-state index contributed by atoms with van der Waals surface area (Å²) >= 11 is 1.47. The minimum absolute atomic E-state index is 0. The van der Waals surface area contributed by atoms with Gasteiger partial charge in [-0.1, -0.05) is 18.7 Å². The second-order valence-electron chi connectivity index (χ2n) is 7.70. The molecule has 5 atom stereocenters. The third kappa shape index (κ3) is 6.48. The molecular formula is C19H27N7NaO7PS. The Hall–Kier alpha value is -1.10. The molecule has 4 heterocycles. The normalized spacial score (nSPS) is 23.5. The molecule has 3 N–H and O–H groups in total. The number of rotatable bonds is 12. The van der Waals surface area contributed by atoms with Crippen molar-refractivity contribution in [1.82, 2.24) is 28.8 Å². The van der Waals surface area contributed by atoms with Crippen LogP contribution in [0.2, 0.25) is 0 Å². The van der Waals surface area contributed by atoms with Gasteiger partial charge in [0.15, 0.2) is 28.4 Å². The van der Waals surface area contributed by atoms with Crippen LogP contribution in [0.3, 0.4) is 0 Å². The standard InChI is InChI=1S/C19H28N7O7PS.Na/c1-3-8-35-19-23-16(21-5-7-31-2)13-17(24-19)26(11-22-13)18-15(28)14(27)12(33-18)9-32-34(29,30)25-6-4-20-10-25;/h4,6,10-12,14-15,18,27-28H,3,5,7-9H2,1-2H3,(H,29,30)(H,21,23,24);/q;+1/p-1/t12-,14-,15-,18-;/m1./s1. The number of ether oxygens (including phenoxy) is 2. The predicted molar refractivity (Wildman–Crippen MR) is 124 cm³/mol. The Morgan fingerprint density at radius 2 is 2.11 bits per heavy atom. The van der Waals surface area contributed by atoms with E-state index in [-0.39, 0.29) is 29.6 Å². The maximum Gasteiger partial charge on any atom is 1.00 e. The molecule has 0 bridgehead atoms. The molecule has 0 radical (unpaired) electrons. The van der Waals surface area contributed by atoms with Gasteiger partial charge in [-0.15, -0.1) is 0 Å². The quantitative estimate of drug-likeness (QED) is 0.0693. The van der Waals surface area contributed by atoms with Crippen LogP contribution in [0.5, 0.6) is 0 Å². The van der Waals surface area contributed by atoms with Gasteiger partial charge in [0.05, 0.1) is 19.5 Å². The second-order valence-corrected chi connectivity index (χ2v) is 10.4. The summed E-state index contributed by atoms with van der Waals surface area (Å²) in [4.78, 5) is 29.5. The SMILES string of the molecule is CCCSc1nc(NCCOC)c2ncn([C@@H]3O[C@H](COP(=O)([O-])n4ccnc4)[C@@H](O)[C@H]3O)c2n1.[Na+]. The number of imidazole rings is 2. The molecule has 0 amide bonds. The molecule has 192 valence electrons. The van der Waals surface area contributed by atoms with E-state index in [1.165, 1.54) is 35.0 Å². The Morgan fingerprint density at radius 1 is 1.31 bits per heavy atom. The number of aromatic nitrogens is 6. The second kappa shape index (κ2) is 13.1. The topological polar surface area (TPSA) is 182 Å². The molecule has 1 unspecified atom stereocenters. The van der Waals surface area contributed by atoms with E-state index in [4.69, 9.17) is 14.0 Å². The van der Waals surface area contributed by atoms with Crippen LogP contribution in [-0.2, 0) is 18.6 Å². The van der Waals surface area contributed by atoms with Crippen LogP contribution in [0.1, 0.15) is 19.6 Å². The molecule has 1 aliphatic heterocycles. The Bertz CT molecular complexity index is 1170. The zero-order chi connectivity index (χ0) is 25.0. The van der Waals surface area contributed by atoms with Gasteiger partial charge in [0, 0.05) is 31.8 Å². The summed E-state index contributed by atoms with van der Waals surface area (Å²) in [5, 5.41) is 24.9. The number of methoxy groups -OCH3 is 1. The Labute approximate surface area is 233 Å². The van der Waals surface area contributed by atoms with E-state index in [2.05, 4.69) is 25.3 Å². The average Bonchev–Trinajstić information content (AvgIpc) is 3.58. The van der Waals surface area contributed by atoms with Gasteiger partial charge in [-0.05, 0) is 6.42 Å². The van der Waals surface area contributed by atoms with Crippen molar-refractivity contribution in [2.75, 3.05) is 37.9 Å². The van der Waals surface area contributed by atoms with Gasteiger partial charge in [-0.2, -0.15) is 0 Å². The van der Waals surface area contributed by atoms with Crippen molar-refractivity contribution in [3.8, 4) is 0 Å². The van der Waals surface area contributed by atoms with Gasteiger partial charge in [-0.25, -0.2) is 19.9 Å². The molecule has 17 heteroatoms. The fraction of sp³-hybridized carbons (Fsp3) is 0.579. The van der Waals surface area contributed by atoms with E-state index in [0.717, 1.165) is 22.8 Å². The van der Waals surface area contributed by atoms with E-state index < -0.39 is 38.9 Å². The number of fused-ring (bicyclic) bond motifs is 1. The number of aliphatic hydroxyl groups is 2. The van der Waals surface area contributed by atoms with Gasteiger partial charge in [0.25, 0.3) is 0 Å². The summed E-state index contributed by atoms with van der Waals surface area (Å²) in [5.41, 5.74) is 0.848. The summed E-state index contributed by atoms with van der Waals surface area (Å²) < 4.78 is 30.5. The van der Waals surface area contributed by atoms with Crippen LogP contribution >= 0.6 is 19.5 Å². The number of aliphatic hydroxyl groups excluding tert-OH is 2. The molecule has 1 saturated heterocycles.